The van der Waals surface area contributed by atoms with Crippen LogP contribution in [0.2, 0.25) is 0 Å². The molecule has 0 fully saturated rings. The van der Waals surface area contributed by atoms with Crippen LogP contribution in [0.4, 0.5) is 0 Å². The zero-order chi connectivity index (χ0) is 18.2. The van der Waals surface area contributed by atoms with E-state index in [0.29, 0.717) is 28.3 Å². The molecule has 0 aliphatic carbocycles. The van der Waals surface area contributed by atoms with E-state index in [1.54, 1.807) is 62.6 Å². The average Bonchev–Trinajstić information content (AvgIpc) is 2.64. The van der Waals surface area contributed by atoms with Crippen molar-refractivity contribution in [2.75, 3.05) is 13.7 Å². The van der Waals surface area contributed by atoms with E-state index < -0.39 is 12.6 Å². The number of methoxy groups -OCH3 is 1. The quantitative estimate of drug-likeness (QED) is 0.594. The van der Waals surface area contributed by atoms with E-state index in [9.17, 15) is 9.59 Å². The van der Waals surface area contributed by atoms with Gasteiger partial charge in [-0.1, -0.05) is 12.1 Å². The van der Waals surface area contributed by atoms with Gasteiger partial charge < -0.3 is 14.6 Å². The number of carboxylic acids is 1. The lowest BCUT2D eigenvalue weighted by Gasteiger charge is -2.07. The summed E-state index contributed by atoms with van der Waals surface area (Å²) >= 11 is 0. The van der Waals surface area contributed by atoms with Gasteiger partial charge in [0.25, 0.3) is 5.91 Å². The first-order chi connectivity index (χ1) is 12.0. The maximum absolute atomic E-state index is 12.1. The smallest absolute Gasteiger partial charge is 0.341 e. The molecular weight excluding hydrogens is 324 g/mol. The number of hydrazone groups is 1. The molecule has 0 aliphatic rings. The van der Waals surface area contributed by atoms with E-state index in [-0.39, 0.29) is 5.91 Å². The molecule has 0 atom stereocenters. The van der Waals surface area contributed by atoms with Gasteiger partial charge in [-0.05, 0) is 43.3 Å². The maximum atomic E-state index is 12.1. The van der Waals surface area contributed by atoms with Crippen LogP contribution in [0.5, 0.6) is 11.5 Å². The number of aliphatic carboxylic acids is 1. The largest absolute Gasteiger partial charge is 0.497 e. The van der Waals surface area contributed by atoms with E-state index in [1.165, 1.54) is 0 Å². The Morgan fingerprint density at radius 3 is 2.44 bits per heavy atom. The second kappa shape index (κ2) is 8.49. The van der Waals surface area contributed by atoms with Crippen LogP contribution in [0.15, 0.2) is 53.6 Å². The standard InChI is InChI=1S/C18H18N2O5/c1-12(14-4-3-5-16(10-14)25-11-17(21)22)19-20-18(23)13-6-8-15(24-2)9-7-13/h3-10H,11H2,1-2H3,(H,20,23)(H,21,22)/b19-12-. The Bertz CT molecular complexity index is 784. The molecular formula is C18H18N2O5. The number of nitrogens with zero attached hydrogens (tertiary/aromatic N) is 1. The zero-order valence-electron chi connectivity index (χ0n) is 13.9. The second-order valence-corrected chi connectivity index (χ2v) is 5.08. The summed E-state index contributed by atoms with van der Waals surface area (Å²) in [6, 6.07) is 13.5. The van der Waals surface area contributed by atoms with Gasteiger partial charge in [0, 0.05) is 11.1 Å². The number of hydrogen-bond acceptors (Lipinski definition) is 5. The highest BCUT2D eigenvalue weighted by Crippen LogP contribution is 2.14. The van der Waals surface area contributed by atoms with Crippen molar-refractivity contribution in [2.45, 2.75) is 6.92 Å². The van der Waals surface area contributed by atoms with Crippen LogP contribution in [0.1, 0.15) is 22.8 Å². The molecule has 0 unspecified atom stereocenters. The molecule has 0 radical (unpaired) electrons. The van der Waals surface area contributed by atoms with Gasteiger partial charge in [-0.3, -0.25) is 4.79 Å². The lowest BCUT2D eigenvalue weighted by molar-refractivity contribution is -0.139. The summed E-state index contributed by atoms with van der Waals surface area (Å²) in [5.74, 6) is -0.326. The lowest BCUT2D eigenvalue weighted by Crippen LogP contribution is -2.19. The minimum Gasteiger partial charge on any atom is -0.497 e. The number of carbonyl (C=O) groups is 2. The van der Waals surface area contributed by atoms with Crippen molar-refractivity contribution in [1.29, 1.82) is 0 Å². The van der Waals surface area contributed by atoms with Crippen LogP contribution >= 0.6 is 0 Å². The fourth-order valence-electron chi connectivity index (χ4n) is 1.96. The summed E-state index contributed by atoms with van der Waals surface area (Å²) in [5, 5.41) is 12.7. The predicted molar refractivity (Wildman–Crippen MR) is 92.2 cm³/mol. The van der Waals surface area contributed by atoms with E-state index in [0.717, 1.165) is 0 Å². The molecule has 0 saturated heterocycles. The third-order valence-corrected chi connectivity index (χ3v) is 3.29. The summed E-state index contributed by atoms with van der Waals surface area (Å²) in [7, 11) is 1.55. The Kier molecular flexibility index (Phi) is 6.11. The third kappa shape index (κ3) is 5.35. The van der Waals surface area contributed by atoms with E-state index in [2.05, 4.69) is 10.5 Å². The number of ether oxygens (including phenoxy) is 2. The van der Waals surface area contributed by atoms with Gasteiger partial charge >= 0.3 is 5.97 Å². The Morgan fingerprint density at radius 1 is 1.08 bits per heavy atom. The molecule has 0 bridgehead atoms. The number of carbonyl (C=O) groups excluding carboxylic acids is 1. The number of amides is 1. The van der Waals surface area contributed by atoms with Crippen molar-refractivity contribution in [3.63, 3.8) is 0 Å². The first-order valence-corrected chi connectivity index (χ1v) is 7.43. The summed E-state index contributed by atoms with van der Waals surface area (Å²) < 4.78 is 10.2. The number of hydrogen-bond donors (Lipinski definition) is 2. The molecule has 0 aliphatic heterocycles. The van der Waals surface area contributed by atoms with Crippen LogP contribution in [0.3, 0.4) is 0 Å². The van der Waals surface area contributed by atoms with E-state index in [4.69, 9.17) is 14.6 Å². The minimum atomic E-state index is -1.05. The molecule has 130 valence electrons. The summed E-state index contributed by atoms with van der Waals surface area (Å²) in [6.07, 6.45) is 0. The van der Waals surface area contributed by atoms with Crippen molar-refractivity contribution in [1.82, 2.24) is 5.43 Å². The SMILES string of the molecule is COc1ccc(C(=O)N/N=C(/C)c2cccc(OCC(=O)O)c2)cc1. The molecule has 0 aromatic heterocycles. The van der Waals surface area contributed by atoms with Gasteiger partial charge in [0.1, 0.15) is 11.5 Å². The first kappa shape index (κ1) is 18.0. The molecule has 0 heterocycles. The topological polar surface area (TPSA) is 97.2 Å². The van der Waals surface area contributed by atoms with Gasteiger partial charge in [0.15, 0.2) is 6.61 Å². The highest BCUT2D eigenvalue weighted by Gasteiger charge is 2.06. The van der Waals surface area contributed by atoms with Gasteiger partial charge in [-0.15, -0.1) is 0 Å². The van der Waals surface area contributed by atoms with Crippen molar-refractivity contribution in [2.24, 2.45) is 5.10 Å². The maximum Gasteiger partial charge on any atom is 0.341 e. The Labute approximate surface area is 144 Å². The predicted octanol–water partition coefficient (Wildman–Crippen LogP) is 2.31. The van der Waals surface area contributed by atoms with Crippen LogP contribution in [0, 0.1) is 0 Å². The van der Waals surface area contributed by atoms with Crippen molar-refractivity contribution < 1.29 is 24.2 Å². The molecule has 0 spiro atoms. The normalized spacial score (nSPS) is 10.9. The Hall–Kier alpha value is -3.35. The van der Waals surface area contributed by atoms with Gasteiger partial charge in [0.2, 0.25) is 0 Å². The van der Waals surface area contributed by atoms with Crippen LogP contribution < -0.4 is 14.9 Å². The lowest BCUT2D eigenvalue weighted by atomic mass is 10.1. The Morgan fingerprint density at radius 2 is 1.80 bits per heavy atom. The van der Waals surface area contributed by atoms with Crippen molar-refractivity contribution in [3.8, 4) is 11.5 Å². The third-order valence-electron chi connectivity index (χ3n) is 3.29. The number of carboxylic acid groups (broad SMARTS) is 1. The fourth-order valence-corrected chi connectivity index (χ4v) is 1.96. The van der Waals surface area contributed by atoms with E-state index in [1.807, 2.05) is 0 Å². The Balaban J connectivity index is 2.03. The molecule has 1 amide bonds. The van der Waals surface area contributed by atoms with Crippen LogP contribution in [-0.4, -0.2) is 36.4 Å². The highest BCUT2D eigenvalue weighted by molar-refractivity contribution is 6.01. The second-order valence-electron chi connectivity index (χ2n) is 5.08. The zero-order valence-corrected chi connectivity index (χ0v) is 13.9. The monoisotopic (exact) mass is 342 g/mol. The van der Waals surface area contributed by atoms with Crippen molar-refractivity contribution in [3.05, 3.63) is 59.7 Å². The molecule has 2 aromatic rings. The minimum absolute atomic E-state index is 0.347. The first-order valence-electron chi connectivity index (χ1n) is 7.43. The molecule has 7 nitrogen and oxygen atoms in total. The average molecular weight is 342 g/mol. The summed E-state index contributed by atoms with van der Waals surface area (Å²) in [6.45, 7) is 1.30. The van der Waals surface area contributed by atoms with Crippen molar-refractivity contribution >= 4 is 17.6 Å². The van der Waals surface area contributed by atoms with Gasteiger partial charge in [-0.25, -0.2) is 10.2 Å². The number of benzene rings is 2. The molecule has 25 heavy (non-hydrogen) atoms. The summed E-state index contributed by atoms with van der Waals surface area (Å²) in [5.41, 5.74) is 4.20. The summed E-state index contributed by atoms with van der Waals surface area (Å²) in [4.78, 5) is 22.6. The highest BCUT2D eigenvalue weighted by atomic mass is 16.5. The van der Waals surface area contributed by atoms with E-state index >= 15 is 0 Å². The molecule has 0 saturated carbocycles. The molecule has 2 aromatic carbocycles. The number of rotatable bonds is 7. The molecule has 2 N–H and O–H groups in total. The van der Waals surface area contributed by atoms with Gasteiger partial charge in [0.05, 0.1) is 12.8 Å². The van der Waals surface area contributed by atoms with Crippen LogP contribution in [-0.2, 0) is 4.79 Å². The molecule has 2 rings (SSSR count). The fraction of sp³-hybridized carbons (Fsp3) is 0.167. The van der Waals surface area contributed by atoms with Crippen LogP contribution in [0.25, 0.3) is 0 Å². The van der Waals surface area contributed by atoms with Gasteiger partial charge in [-0.2, -0.15) is 5.10 Å². The molecule has 7 heteroatoms. The number of nitrogens with one attached hydrogen (secondary N) is 1.